The van der Waals surface area contributed by atoms with Crippen LogP contribution in [0.15, 0.2) is 0 Å². The lowest BCUT2D eigenvalue weighted by molar-refractivity contribution is -0.134. The van der Waals surface area contributed by atoms with Crippen LogP contribution in [0.4, 0.5) is 0 Å². The van der Waals surface area contributed by atoms with Gasteiger partial charge < -0.3 is 10.6 Å². The average molecular weight is 533 g/mol. The summed E-state index contributed by atoms with van der Waals surface area (Å²) in [5, 5.41) is 6.33. The predicted molar refractivity (Wildman–Crippen MR) is 153 cm³/mol. The molecule has 0 aliphatic heterocycles. The van der Waals surface area contributed by atoms with Crippen LogP contribution in [0.25, 0.3) is 0 Å². The zero-order chi connectivity index (χ0) is 28.4. The van der Waals surface area contributed by atoms with Gasteiger partial charge in [-0.25, -0.2) is 0 Å². The fourth-order valence-electron chi connectivity index (χ4n) is 7.05. The van der Waals surface area contributed by atoms with E-state index in [9.17, 15) is 19.2 Å². The largest absolute Gasteiger partial charge is 0.354 e. The first-order chi connectivity index (χ1) is 18.0. The highest BCUT2D eigenvalue weighted by molar-refractivity contribution is 5.88. The Morgan fingerprint density at radius 3 is 1.87 bits per heavy atom. The van der Waals surface area contributed by atoms with E-state index in [0.29, 0.717) is 12.2 Å². The molecule has 0 aromatic heterocycles. The summed E-state index contributed by atoms with van der Waals surface area (Å²) in [7, 11) is 0. The molecule has 7 atom stereocenters. The number of nitrogens with one attached hydrogen (secondary N) is 2. The zero-order valence-electron chi connectivity index (χ0n) is 25.3. The third kappa shape index (κ3) is 9.19. The van der Waals surface area contributed by atoms with Crippen LogP contribution in [0.1, 0.15) is 126 Å². The Morgan fingerprint density at radius 2 is 1.29 bits per heavy atom. The first kappa shape index (κ1) is 32.5. The molecule has 2 N–H and O–H groups in total. The molecule has 2 aliphatic carbocycles. The molecule has 0 heterocycles. The standard InChI is InChI=1S/C32H56N2O4/c1-8-24(26-15-11-10-14-23(26)19-29(35)20(3)4)30(36)18-22(7)31(37)34-28-17-13-12-16-27(28)25(9-2)32(38)33-21(5)6/h20-28H,8-19H2,1-7H3,(H,33,38)(H,34,37)/t22-,23+,24+,25+,26-,27+,28+/m0/s1. The lowest BCUT2D eigenvalue weighted by atomic mass is 9.67. The second kappa shape index (κ2) is 15.8. The van der Waals surface area contributed by atoms with E-state index in [1.807, 2.05) is 34.6 Å². The summed E-state index contributed by atoms with van der Waals surface area (Å²) in [5.41, 5.74) is 0. The van der Waals surface area contributed by atoms with Crippen LogP contribution >= 0.6 is 0 Å². The summed E-state index contributed by atoms with van der Waals surface area (Å²) in [6, 6.07) is 0.0707. The van der Waals surface area contributed by atoms with Crippen molar-refractivity contribution in [1.82, 2.24) is 10.6 Å². The van der Waals surface area contributed by atoms with Crippen molar-refractivity contribution in [3.63, 3.8) is 0 Å². The van der Waals surface area contributed by atoms with Crippen LogP contribution < -0.4 is 10.6 Å². The second-order valence-corrected chi connectivity index (χ2v) is 12.9. The van der Waals surface area contributed by atoms with Gasteiger partial charge in [0.2, 0.25) is 11.8 Å². The van der Waals surface area contributed by atoms with Crippen molar-refractivity contribution in [3.05, 3.63) is 0 Å². The molecule has 0 saturated heterocycles. The summed E-state index contributed by atoms with van der Waals surface area (Å²) in [6.07, 6.45) is 10.6. The topological polar surface area (TPSA) is 92.3 Å². The van der Waals surface area contributed by atoms with Crippen molar-refractivity contribution < 1.29 is 19.2 Å². The van der Waals surface area contributed by atoms with E-state index in [2.05, 4.69) is 24.5 Å². The lowest BCUT2D eigenvalue weighted by Gasteiger charge is -2.38. The number of Topliss-reactive ketones (excluding diaryl/α,β-unsaturated/α-hetero) is 2. The minimum atomic E-state index is -0.400. The fourth-order valence-corrected chi connectivity index (χ4v) is 7.05. The van der Waals surface area contributed by atoms with Gasteiger partial charge in [0.1, 0.15) is 11.6 Å². The van der Waals surface area contributed by atoms with Gasteiger partial charge in [0.25, 0.3) is 0 Å². The number of carbonyl (C=O) groups is 4. The van der Waals surface area contributed by atoms with Gasteiger partial charge in [-0.3, -0.25) is 19.2 Å². The number of hydrogen-bond donors (Lipinski definition) is 2. The quantitative estimate of drug-likeness (QED) is 0.276. The number of carbonyl (C=O) groups excluding carboxylic acids is 4. The van der Waals surface area contributed by atoms with Crippen molar-refractivity contribution in [2.45, 2.75) is 138 Å². The minimum absolute atomic E-state index is 0.0246. The highest BCUT2D eigenvalue weighted by Gasteiger charge is 2.39. The Morgan fingerprint density at radius 1 is 0.711 bits per heavy atom. The van der Waals surface area contributed by atoms with E-state index in [4.69, 9.17) is 0 Å². The van der Waals surface area contributed by atoms with Crippen molar-refractivity contribution in [3.8, 4) is 0 Å². The molecule has 0 bridgehead atoms. The van der Waals surface area contributed by atoms with E-state index in [1.165, 1.54) is 0 Å². The molecule has 2 rings (SSSR count). The number of amides is 2. The molecule has 2 fully saturated rings. The van der Waals surface area contributed by atoms with Gasteiger partial charge in [-0.05, 0) is 70.1 Å². The molecular formula is C32H56N2O4. The third-order valence-electron chi connectivity index (χ3n) is 9.27. The third-order valence-corrected chi connectivity index (χ3v) is 9.27. The molecule has 6 heteroatoms. The maximum atomic E-state index is 13.5. The first-order valence-corrected chi connectivity index (χ1v) is 15.7. The van der Waals surface area contributed by atoms with Crippen molar-refractivity contribution in [2.24, 2.45) is 41.4 Å². The van der Waals surface area contributed by atoms with Crippen LogP contribution in [0.2, 0.25) is 0 Å². The molecule has 0 unspecified atom stereocenters. The summed E-state index contributed by atoms with van der Waals surface area (Å²) in [4.78, 5) is 52.3. The predicted octanol–water partition coefficient (Wildman–Crippen LogP) is 6.26. The van der Waals surface area contributed by atoms with Gasteiger partial charge in [0, 0.05) is 48.6 Å². The molecule has 0 aromatic carbocycles. The van der Waals surface area contributed by atoms with Gasteiger partial charge >= 0.3 is 0 Å². The first-order valence-electron chi connectivity index (χ1n) is 15.7. The monoisotopic (exact) mass is 532 g/mol. The Labute approximate surface area is 232 Å². The van der Waals surface area contributed by atoms with Crippen LogP contribution in [0.5, 0.6) is 0 Å². The SMILES string of the molecule is CC[C@@H](C(=O)C[C@H](C)C(=O)N[C@@H]1CCCC[C@@H]1[C@@H](CC)C(=O)NC(C)C)[C@H]1CCCC[C@@H]1CC(=O)C(C)C. The summed E-state index contributed by atoms with van der Waals surface area (Å²) in [5.74, 6) is 0.577. The zero-order valence-corrected chi connectivity index (χ0v) is 25.3. The molecule has 2 saturated carbocycles. The van der Waals surface area contributed by atoms with E-state index in [1.54, 1.807) is 0 Å². The number of rotatable bonds is 14. The normalized spacial score (nSPS) is 26.4. The lowest BCUT2D eigenvalue weighted by Crippen LogP contribution is -2.50. The van der Waals surface area contributed by atoms with Gasteiger partial charge in [-0.1, -0.05) is 60.3 Å². The molecule has 0 radical (unpaired) electrons. The molecule has 2 aliphatic rings. The summed E-state index contributed by atoms with van der Waals surface area (Å²) >= 11 is 0. The smallest absolute Gasteiger partial charge is 0.223 e. The molecular weight excluding hydrogens is 476 g/mol. The van der Waals surface area contributed by atoms with Gasteiger partial charge in [0.15, 0.2) is 0 Å². The van der Waals surface area contributed by atoms with Crippen molar-refractivity contribution >= 4 is 23.4 Å². The van der Waals surface area contributed by atoms with Crippen LogP contribution in [-0.4, -0.2) is 35.5 Å². The second-order valence-electron chi connectivity index (χ2n) is 12.9. The van der Waals surface area contributed by atoms with E-state index < -0.39 is 5.92 Å². The molecule has 38 heavy (non-hydrogen) atoms. The molecule has 6 nitrogen and oxygen atoms in total. The Balaban J connectivity index is 2.04. The highest BCUT2D eigenvalue weighted by atomic mass is 16.2. The van der Waals surface area contributed by atoms with Crippen molar-refractivity contribution in [2.75, 3.05) is 0 Å². The maximum absolute atomic E-state index is 13.5. The van der Waals surface area contributed by atoms with Gasteiger partial charge in [-0.2, -0.15) is 0 Å². The Hall–Kier alpha value is -1.72. The maximum Gasteiger partial charge on any atom is 0.223 e. The van der Waals surface area contributed by atoms with Crippen LogP contribution in [0, 0.1) is 41.4 Å². The number of hydrogen-bond acceptors (Lipinski definition) is 4. The molecule has 0 spiro atoms. The van der Waals surface area contributed by atoms with E-state index >= 15 is 0 Å². The van der Waals surface area contributed by atoms with Gasteiger partial charge in [-0.15, -0.1) is 0 Å². The van der Waals surface area contributed by atoms with Crippen LogP contribution in [0.3, 0.4) is 0 Å². The fraction of sp³-hybridized carbons (Fsp3) is 0.875. The number of ketones is 2. The Kier molecular flexibility index (Phi) is 13.5. The molecule has 218 valence electrons. The van der Waals surface area contributed by atoms with E-state index in [0.717, 1.165) is 64.2 Å². The van der Waals surface area contributed by atoms with Crippen molar-refractivity contribution in [1.29, 1.82) is 0 Å². The highest BCUT2D eigenvalue weighted by Crippen LogP contribution is 2.40. The van der Waals surface area contributed by atoms with E-state index in [-0.39, 0.29) is 71.6 Å². The summed E-state index contributed by atoms with van der Waals surface area (Å²) in [6.45, 7) is 13.9. The van der Waals surface area contributed by atoms with Gasteiger partial charge in [0.05, 0.1) is 0 Å². The summed E-state index contributed by atoms with van der Waals surface area (Å²) < 4.78 is 0. The Bertz CT molecular complexity index is 792. The minimum Gasteiger partial charge on any atom is -0.354 e. The molecule has 0 aromatic rings. The van der Waals surface area contributed by atoms with Crippen LogP contribution in [-0.2, 0) is 19.2 Å². The molecule has 2 amide bonds. The average Bonchev–Trinajstić information content (AvgIpc) is 2.86.